The molecule has 2 aromatic heterocycles. The van der Waals surface area contributed by atoms with E-state index in [0.29, 0.717) is 23.5 Å². The van der Waals surface area contributed by atoms with Gasteiger partial charge in [0.15, 0.2) is 5.82 Å². The molecule has 3 rings (SSSR count). The lowest BCUT2D eigenvalue weighted by atomic mass is 9.74. The Bertz CT molecular complexity index is 745. The van der Waals surface area contributed by atoms with Crippen molar-refractivity contribution in [1.82, 2.24) is 14.8 Å². The number of carbonyl (C=O) groups is 1. The van der Waals surface area contributed by atoms with Crippen LogP contribution in [0.2, 0.25) is 0 Å². The van der Waals surface area contributed by atoms with E-state index in [4.69, 9.17) is 5.21 Å². The summed E-state index contributed by atoms with van der Waals surface area (Å²) in [6.45, 7) is 5.55. The Hall–Kier alpha value is -2.50. The fourth-order valence-corrected chi connectivity index (χ4v) is 2.81. The quantitative estimate of drug-likeness (QED) is 0.643. The molecule has 2 aromatic rings. The van der Waals surface area contributed by atoms with Gasteiger partial charge in [0.05, 0.1) is 17.0 Å². The van der Waals surface area contributed by atoms with Crippen molar-refractivity contribution in [3.05, 3.63) is 41.3 Å². The minimum Gasteiger partial charge on any atom is -0.411 e. The zero-order valence-electron chi connectivity index (χ0n) is 12.2. The normalized spacial score (nSPS) is 18.8. The summed E-state index contributed by atoms with van der Waals surface area (Å²) in [5.41, 5.74) is 1.59. The third kappa shape index (κ3) is 1.94. The molecule has 21 heavy (non-hydrogen) atoms. The summed E-state index contributed by atoms with van der Waals surface area (Å²) in [6.07, 6.45) is 2.25. The van der Waals surface area contributed by atoms with E-state index in [1.807, 2.05) is 32.0 Å². The number of carbonyl (C=O) groups excluding carboxylic acids is 1. The van der Waals surface area contributed by atoms with Crippen LogP contribution in [0.3, 0.4) is 0 Å². The van der Waals surface area contributed by atoms with Crippen molar-refractivity contribution in [2.75, 3.05) is 0 Å². The fraction of sp³-hybridized carbons (Fsp3) is 0.333. The average Bonchev–Trinajstić information content (AvgIpc) is 2.76. The molecular weight excluding hydrogens is 268 g/mol. The summed E-state index contributed by atoms with van der Waals surface area (Å²) in [5.74, 6) is 0.415. The van der Waals surface area contributed by atoms with E-state index in [-0.39, 0.29) is 11.5 Å². The van der Waals surface area contributed by atoms with Crippen LogP contribution in [0.4, 0.5) is 0 Å². The van der Waals surface area contributed by atoms with Crippen LogP contribution in [0.15, 0.2) is 29.6 Å². The lowest BCUT2D eigenvalue weighted by Gasteiger charge is -2.29. The molecule has 0 saturated carbocycles. The number of nitrogens with zero attached hydrogens (tertiary/aromatic N) is 4. The van der Waals surface area contributed by atoms with Crippen molar-refractivity contribution in [3.63, 3.8) is 0 Å². The van der Waals surface area contributed by atoms with Gasteiger partial charge in [0.1, 0.15) is 5.71 Å². The van der Waals surface area contributed by atoms with Gasteiger partial charge in [0.25, 0.3) is 0 Å². The number of rotatable bonds is 1. The second kappa shape index (κ2) is 4.51. The number of aromatic nitrogens is 3. The third-order valence-electron chi connectivity index (χ3n) is 3.81. The zero-order valence-corrected chi connectivity index (χ0v) is 12.2. The second-order valence-electron chi connectivity index (χ2n) is 5.85. The van der Waals surface area contributed by atoms with Crippen LogP contribution < -0.4 is 0 Å². The fourth-order valence-electron chi connectivity index (χ4n) is 2.81. The molecule has 0 unspecified atom stereocenters. The average molecular weight is 284 g/mol. The van der Waals surface area contributed by atoms with E-state index in [0.717, 1.165) is 5.69 Å². The summed E-state index contributed by atoms with van der Waals surface area (Å²) >= 11 is 0. The van der Waals surface area contributed by atoms with E-state index in [2.05, 4.69) is 15.2 Å². The molecule has 0 fully saturated rings. The molecule has 1 N–H and O–H groups in total. The van der Waals surface area contributed by atoms with Crippen LogP contribution in [0, 0.1) is 12.3 Å². The second-order valence-corrected chi connectivity index (χ2v) is 5.85. The van der Waals surface area contributed by atoms with Crippen molar-refractivity contribution in [1.29, 1.82) is 0 Å². The maximum absolute atomic E-state index is 12.6. The largest absolute Gasteiger partial charge is 0.411 e. The summed E-state index contributed by atoms with van der Waals surface area (Å²) in [6, 6.07) is 5.56. The minimum absolute atomic E-state index is 0.179. The molecule has 0 aromatic carbocycles. The van der Waals surface area contributed by atoms with E-state index >= 15 is 0 Å². The Morgan fingerprint density at radius 2 is 2.14 bits per heavy atom. The maximum Gasteiger partial charge on any atom is 0.214 e. The lowest BCUT2D eigenvalue weighted by Crippen LogP contribution is -2.39. The molecule has 0 radical (unpaired) electrons. The predicted molar refractivity (Wildman–Crippen MR) is 77.1 cm³/mol. The lowest BCUT2D eigenvalue weighted by molar-refractivity contribution is 0.104. The van der Waals surface area contributed by atoms with Crippen molar-refractivity contribution < 1.29 is 10.0 Å². The van der Waals surface area contributed by atoms with Crippen LogP contribution in [0.1, 0.15) is 35.6 Å². The van der Waals surface area contributed by atoms with E-state index < -0.39 is 5.41 Å². The number of pyridine rings is 1. The molecule has 0 spiro atoms. The first-order chi connectivity index (χ1) is 9.95. The Labute approximate surface area is 122 Å². The number of hydrogen-bond donors (Lipinski definition) is 1. The minimum atomic E-state index is -0.544. The van der Waals surface area contributed by atoms with Crippen LogP contribution in [0.5, 0.6) is 0 Å². The van der Waals surface area contributed by atoms with Crippen LogP contribution in [0.25, 0.3) is 5.82 Å². The predicted octanol–water partition coefficient (Wildman–Crippen LogP) is 2.17. The van der Waals surface area contributed by atoms with Crippen LogP contribution >= 0.6 is 0 Å². The molecular formula is C15H16N4O2. The van der Waals surface area contributed by atoms with Crippen molar-refractivity contribution >= 4 is 11.5 Å². The number of hydrogen-bond acceptors (Lipinski definition) is 5. The van der Waals surface area contributed by atoms with Gasteiger partial charge in [-0.3, -0.25) is 4.79 Å². The van der Waals surface area contributed by atoms with Gasteiger partial charge in [-0.2, -0.15) is 5.10 Å². The van der Waals surface area contributed by atoms with Crippen molar-refractivity contribution in [2.24, 2.45) is 10.6 Å². The SMILES string of the molecule is Cc1nn(-c2ccccn2)c2c1C(=O)C(=NO)C(C)(C)C2. The molecule has 2 heterocycles. The number of fused-ring (bicyclic) bond motifs is 1. The molecule has 0 saturated heterocycles. The first-order valence-corrected chi connectivity index (χ1v) is 6.73. The Morgan fingerprint density at radius 3 is 2.76 bits per heavy atom. The topological polar surface area (TPSA) is 80.4 Å². The number of aryl methyl sites for hydroxylation is 1. The monoisotopic (exact) mass is 284 g/mol. The third-order valence-corrected chi connectivity index (χ3v) is 3.81. The summed E-state index contributed by atoms with van der Waals surface area (Å²) in [5, 5.41) is 16.8. The van der Waals surface area contributed by atoms with Gasteiger partial charge >= 0.3 is 0 Å². The van der Waals surface area contributed by atoms with Gasteiger partial charge in [-0.15, -0.1) is 0 Å². The highest BCUT2D eigenvalue weighted by atomic mass is 16.4. The molecule has 1 aliphatic rings. The highest BCUT2D eigenvalue weighted by Crippen LogP contribution is 2.35. The Balaban J connectivity index is 2.24. The van der Waals surface area contributed by atoms with Gasteiger partial charge in [-0.25, -0.2) is 9.67 Å². The van der Waals surface area contributed by atoms with Gasteiger partial charge in [-0.1, -0.05) is 25.1 Å². The summed E-state index contributed by atoms with van der Waals surface area (Å²) < 4.78 is 1.71. The van der Waals surface area contributed by atoms with E-state index in [1.54, 1.807) is 17.8 Å². The van der Waals surface area contributed by atoms with E-state index in [1.165, 1.54) is 0 Å². The Morgan fingerprint density at radius 1 is 1.38 bits per heavy atom. The van der Waals surface area contributed by atoms with Gasteiger partial charge < -0.3 is 5.21 Å². The zero-order chi connectivity index (χ0) is 15.2. The maximum atomic E-state index is 12.6. The smallest absolute Gasteiger partial charge is 0.214 e. The molecule has 108 valence electrons. The molecule has 0 bridgehead atoms. The van der Waals surface area contributed by atoms with Gasteiger partial charge in [0.2, 0.25) is 5.78 Å². The van der Waals surface area contributed by atoms with Gasteiger partial charge in [-0.05, 0) is 19.1 Å². The molecule has 0 amide bonds. The highest BCUT2D eigenvalue weighted by Gasteiger charge is 2.42. The standard InChI is InChI=1S/C15H16N4O2/c1-9-12-10(8-15(2,3)14(18-21)13(12)20)19(17-9)11-6-4-5-7-16-11/h4-7,21H,8H2,1-3H3. The first-order valence-electron chi connectivity index (χ1n) is 6.73. The first kappa shape index (κ1) is 13.5. The number of Topliss-reactive ketones (excluding diaryl/α,β-unsaturated/α-hetero) is 1. The van der Waals surface area contributed by atoms with Crippen LogP contribution in [-0.2, 0) is 6.42 Å². The highest BCUT2D eigenvalue weighted by molar-refractivity contribution is 6.48. The molecule has 0 atom stereocenters. The molecule has 1 aliphatic carbocycles. The molecule has 6 heteroatoms. The van der Waals surface area contributed by atoms with Crippen molar-refractivity contribution in [3.8, 4) is 5.82 Å². The molecule has 6 nitrogen and oxygen atoms in total. The van der Waals surface area contributed by atoms with Crippen molar-refractivity contribution in [2.45, 2.75) is 27.2 Å². The number of oxime groups is 1. The van der Waals surface area contributed by atoms with Gasteiger partial charge in [0, 0.05) is 18.0 Å². The Kier molecular flexibility index (Phi) is 2.90. The number of ketones is 1. The summed E-state index contributed by atoms with van der Waals surface area (Å²) in [4.78, 5) is 16.9. The summed E-state index contributed by atoms with van der Waals surface area (Å²) in [7, 11) is 0. The molecule has 0 aliphatic heterocycles. The van der Waals surface area contributed by atoms with E-state index in [9.17, 15) is 4.79 Å². The van der Waals surface area contributed by atoms with Crippen LogP contribution in [-0.4, -0.2) is 31.5 Å².